The van der Waals surface area contributed by atoms with Crippen molar-refractivity contribution in [2.24, 2.45) is 0 Å². The first-order valence-electron chi connectivity index (χ1n) is 6.73. The number of benzene rings is 2. The Labute approximate surface area is 124 Å². The number of hydrogen-bond acceptors (Lipinski definition) is 3. The van der Waals surface area contributed by atoms with Gasteiger partial charge in [0.1, 0.15) is 18.2 Å². The van der Waals surface area contributed by atoms with E-state index < -0.39 is 12.9 Å². The van der Waals surface area contributed by atoms with Crippen molar-refractivity contribution >= 4 is 12.6 Å². The summed E-state index contributed by atoms with van der Waals surface area (Å²) < 4.78 is 18.9. The van der Waals surface area contributed by atoms with Crippen LogP contribution in [0.15, 0.2) is 30.3 Å². The first-order valence-corrected chi connectivity index (χ1v) is 6.73. The summed E-state index contributed by atoms with van der Waals surface area (Å²) in [6.45, 7) is 6.11. The molecule has 2 N–H and O–H groups in total. The Morgan fingerprint density at radius 3 is 2.48 bits per heavy atom. The molecule has 3 nitrogen and oxygen atoms in total. The molecule has 21 heavy (non-hydrogen) atoms. The van der Waals surface area contributed by atoms with Crippen molar-refractivity contribution < 1.29 is 19.2 Å². The SMILES string of the molecule is Cc1cc(C)c(C)c(OCc2ccc(F)cc2B(O)O)c1. The van der Waals surface area contributed by atoms with Crippen molar-refractivity contribution in [3.63, 3.8) is 0 Å². The summed E-state index contributed by atoms with van der Waals surface area (Å²) in [5, 5.41) is 18.6. The van der Waals surface area contributed by atoms with Crippen molar-refractivity contribution in [1.29, 1.82) is 0 Å². The predicted molar refractivity (Wildman–Crippen MR) is 81.2 cm³/mol. The average Bonchev–Trinajstić information content (AvgIpc) is 2.42. The van der Waals surface area contributed by atoms with E-state index in [0.29, 0.717) is 5.56 Å². The smallest absolute Gasteiger partial charge is 0.488 e. The Bertz CT molecular complexity index is 656. The first kappa shape index (κ1) is 15.5. The number of ether oxygens (including phenoxy) is 1. The lowest BCUT2D eigenvalue weighted by Crippen LogP contribution is -2.34. The van der Waals surface area contributed by atoms with Gasteiger partial charge in [0.05, 0.1) is 0 Å². The van der Waals surface area contributed by atoms with E-state index in [2.05, 4.69) is 6.07 Å². The molecule has 2 aromatic rings. The molecule has 0 heterocycles. The van der Waals surface area contributed by atoms with E-state index >= 15 is 0 Å². The van der Waals surface area contributed by atoms with Gasteiger partial charge in [0.2, 0.25) is 0 Å². The molecule has 0 saturated carbocycles. The molecule has 0 unspecified atom stereocenters. The lowest BCUT2D eigenvalue weighted by Gasteiger charge is -2.14. The van der Waals surface area contributed by atoms with Crippen LogP contribution < -0.4 is 10.2 Å². The van der Waals surface area contributed by atoms with Gasteiger partial charge in [0.25, 0.3) is 0 Å². The van der Waals surface area contributed by atoms with Gasteiger partial charge in [-0.15, -0.1) is 0 Å². The number of aryl methyl sites for hydroxylation is 2. The minimum atomic E-state index is -1.72. The normalized spacial score (nSPS) is 10.6. The second kappa shape index (κ2) is 6.29. The van der Waals surface area contributed by atoms with Crippen molar-refractivity contribution in [1.82, 2.24) is 0 Å². The molecule has 5 heteroatoms. The summed E-state index contributed by atoms with van der Waals surface area (Å²) in [5.74, 6) is 0.236. The second-order valence-electron chi connectivity index (χ2n) is 5.21. The maximum absolute atomic E-state index is 13.2. The zero-order chi connectivity index (χ0) is 15.6. The molecule has 0 fully saturated rings. The fraction of sp³-hybridized carbons (Fsp3) is 0.250. The van der Waals surface area contributed by atoms with E-state index in [0.717, 1.165) is 28.5 Å². The minimum Gasteiger partial charge on any atom is -0.489 e. The highest BCUT2D eigenvalue weighted by Gasteiger charge is 2.17. The Hall–Kier alpha value is -1.85. The van der Waals surface area contributed by atoms with Crippen LogP contribution in [0.1, 0.15) is 22.3 Å². The van der Waals surface area contributed by atoms with Crippen molar-refractivity contribution in [3.8, 4) is 5.75 Å². The molecule has 0 atom stereocenters. The highest BCUT2D eigenvalue weighted by Crippen LogP contribution is 2.24. The molecule has 0 aliphatic rings. The molecule has 0 amide bonds. The van der Waals surface area contributed by atoms with Crippen molar-refractivity contribution in [3.05, 3.63) is 58.4 Å². The molecular weight excluding hydrogens is 270 g/mol. The standard InChI is InChI=1S/C16H18BFO3/c1-10-6-11(2)12(3)16(7-10)21-9-13-4-5-14(18)8-15(13)17(19)20/h4-8,19-20H,9H2,1-3H3. The molecule has 0 radical (unpaired) electrons. The third-order valence-electron chi connectivity index (χ3n) is 3.53. The summed E-state index contributed by atoms with van der Waals surface area (Å²) in [5.41, 5.74) is 3.93. The third-order valence-corrected chi connectivity index (χ3v) is 3.53. The van der Waals surface area contributed by atoms with E-state index in [-0.39, 0.29) is 12.1 Å². The second-order valence-corrected chi connectivity index (χ2v) is 5.21. The van der Waals surface area contributed by atoms with Gasteiger partial charge in [-0.1, -0.05) is 12.1 Å². The van der Waals surface area contributed by atoms with Crippen LogP contribution in [-0.2, 0) is 6.61 Å². The Kier molecular flexibility index (Phi) is 4.65. The van der Waals surface area contributed by atoms with Crippen LogP contribution in [0.25, 0.3) is 0 Å². The van der Waals surface area contributed by atoms with Crippen LogP contribution in [-0.4, -0.2) is 17.2 Å². The molecule has 110 valence electrons. The third kappa shape index (κ3) is 3.62. The molecule has 0 aromatic heterocycles. The lowest BCUT2D eigenvalue weighted by molar-refractivity contribution is 0.303. The summed E-state index contributed by atoms with van der Waals surface area (Å²) in [7, 11) is -1.72. The maximum atomic E-state index is 13.2. The molecular formula is C16H18BFO3. The van der Waals surface area contributed by atoms with Gasteiger partial charge in [0.15, 0.2) is 0 Å². The van der Waals surface area contributed by atoms with Crippen LogP contribution in [0.2, 0.25) is 0 Å². The molecule has 2 aromatic carbocycles. The van der Waals surface area contributed by atoms with Crippen molar-refractivity contribution in [2.45, 2.75) is 27.4 Å². The van der Waals surface area contributed by atoms with E-state index in [9.17, 15) is 14.4 Å². The van der Waals surface area contributed by atoms with Crippen molar-refractivity contribution in [2.75, 3.05) is 0 Å². The predicted octanol–water partition coefficient (Wildman–Crippen LogP) is 2.01. The van der Waals surface area contributed by atoms with Gasteiger partial charge < -0.3 is 14.8 Å². The van der Waals surface area contributed by atoms with E-state index in [4.69, 9.17) is 4.74 Å². The summed E-state index contributed by atoms with van der Waals surface area (Å²) >= 11 is 0. The molecule has 0 spiro atoms. The van der Waals surface area contributed by atoms with Gasteiger partial charge >= 0.3 is 7.12 Å². The zero-order valence-corrected chi connectivity index (χ0v) is 12.4. The fourth-order valence-corrected chi connectivity index (χ4v) is 2.24. The highest BCUT2D eigenvalue weighted by molar-refractivity contribution is 6.59. The lowest BCUT2D eigenvalue weighted by atomic mass is 9.77. The van der Waals surface area contributed by atoms with Crippen LogP contribution in [0.4, 0.5) is 4.39 Å². The zero-order valence-electron chi connectivity index (χ0n) is 12.4. The van der Waals surface area contributed by atoms with Gasteiger partial charge in [-0.05, 0) is 66.7 Å². The molecule has 0 bridgehead atoms. The quantitative estimate of drug-likeness (QED) is 0.846. The summed E-state index contributed by atoms with van der Waals surface area (Å²) in [6.07, 6.45) is 0. The fourth-order valence-electron chi connectivity index (χ4n) is 2.24. The van der Waals surface area contributed by atoms with Crippen LogP contribution >= 0.6 is 0 Å². The summed E-state index contributed by atoms with van der Waals surface area (Å²) in [6, 6.07) is 7.89. The average molecular weight is 288 g/mol. The molecule has 0 saturated heterocycles. The van der Waals surface area contributed by atoms with E-state index in [1.807, 2.05) is 26.8 Å². The van der Waals surface area contributed by atoms with E-state index in [1.165, 1.54) is 12.1 Å². The van der Waals surface area contributed by atoms with Gasteiger partial charge in [-0.2, -0.15) is 0 Å². The highest BCUT2D eigenvalue weighted by atomic mass is 19.1. The number of rotatable bonds is 4. The van der Waals surface area contributed by atoms with Crippen LogP contribution in [0.3, 0.4) is 0 Å². The largest absolute Gasteiger partial charge is 0.489 e. The molecule has 0 aliphatic carbocycles. The number of hydrogen-bond donors (Lipinski definition) is 2. The number of halogens is 1. The first-order chi connectivity index (χ1) is 9.88. The Morgan fingerprint density at radius 2 is 1.81 bits per heavy atom. The van der Waals surface area contributed by atoms with Gasteiger partial charge in [0, 0.05) is 0 Å². The Morgan fingerprint density at radius 1 is 1.10 bits per heavy atom. The summed E-state index contributed by atoms with van der Waals surface area (Å²) in [4.78, 5) is 0. The van der Waals surface area contributed by atoms with E-state index in [1.54, 1.807) is 0 Å². The molecule has 0 aliphatic heterocycles. The monoisotopic (exact) mass is 288 g/mol. The minimum absolute atomic E-state index is 0.122. The Balaban J connectivity index is 2.25. The van der Waals surface area contributed by atoms with Crippen LogP contribution in [0.5, 0.6) is 5.75 Å². The maximum Gasteiger partial charge on any atom is 0.488 e. The van der Waals surface area contributed by atoms with Gasteiger partial charge in [-0.3, -0.25) is 0 Å². The van der Waals surface area contributed by atoms with Crippen LogP contribution in [0, 0.1) is 26.6 Å². The molecule has 2 rings (SSSR count). The van der Waals surface area contributed by atoms with Gasteiger partial charge in [-0.25, -0.2) is 4.39 Å². The topological polar surface area (TPSA) is 49.7 Å².